The van der Waals surface area contributed by atoms with E-state index in [0.717, 1.165) is 10.8 Å². The molecule has 0 atom stereocenters. The lowest BCUT2D eigenvalue weighted by atomic mass is 10.1. The summed E-state index contributed by atoms with van der Waals surface area (Å²) in [4.78, 5) is 26.9. The molecule has 0 unspecified atom stereocenters. The molecule has 2 aromatic carbocycles. The van der Waals surface area contributed by atoms with Crippen molar-refractivity contribution in [1.29, 1.82) is 0 Å². The second kappa shape index (κ2) is 9.29. The summed E-state index contributed by atoms with van der Waals surface area (Å²) in [7, 11) is 0. The van der Waals surface area contributed by atoms with Crippen LogP contribution in [0.4, 0.5) is 5.69 Å². The van der Waals surface area contributed by atoms with Crippen molar-refractivity contribution < 1.29 is 9.72 Å². The lowest BCUT2D eigenvalue weighted by Gasteiger charge is -2.04. The Labute approximate surface area is 164 Å². The van der Waals surface area contributed by atoms with Crippen molar-refractivity contribution in [2.45, 2.75) is 10.8 Å². The molecule has 0 spiro atoms. The van der Waals surface area contributed by atoms with Crippen LogP contribution in [0.15, 0.2) is 64.3 Å². The second-order valence-corrected chi connectivity index (χ2v) is 7.76. The third-order valence-corrected chi connectivity index (χ3v) is 5.76. The second-order valence-electron chi connectivity index (χ2n) is 5.68. The standard InChI is InChI=1S/C19H17N3O3S2/c23-18(20-10-9-14-5-2-1-3-6-14)13-27-19-21-17(12-26-19)15-7-4-8-16(11-15)22(24)25/h1-8,11-12H,9-10,13H2,(H,20,23). The van der Waals surface area contributed by atoms with Gasteiger partial charge in [0.05, 0.1) is 16.4 Å². The van der Waals surface area contributed by atoms with Crippen LogP contribution >= 0.6 is 23.1 Å². The molecule has 0 aliphatic heterocycles. The molecule has 3 rings (SSSR count). The number of nitro groups is 1. The molecule has 1 heterocycles. The number of aromatic nitrogens is 1. The smallest absolute Gasteiger partial charge is 0.270 e. The van der Waals surface area contributed by atoms with Gasteiger partial charge in [0.15, 0.2) is 4.34 Å². The number of thioether (sulfide) groups is 1. The van der Waals surface area contributed by atoms with Crippen LogP contribution in [0.1, 0.15) is 5.56 Å². The molecule has 1 aromatic heterocycles. The zero-order chi connectivity index (χ0) is 19.1. The summed E-state index contributed by atoms with van der Waals surface area (Å²) in [5.74, 6) is 0.250. The largest absolute Gasteiger partial charge is 0.355 e. The predicted octanol–water partition coefficient (Wildman–Crippen LogP) is 4.17. The van der Waals surface area contributed by atoms with Crippen molar-refractivity contribution >= 4 is 34.7 Å². The molecule has 138 valence electrons. The van der Waals surface area contributed by atoms with Crippen molar-refractivity contribution in [3.63, 3.8) is 0 Å². The van der Waals surface area contributed by atoms with E-state index in [9.17, 15) is 14.9 Å². The molecule has 1 N–H and O–H groups in total. The fraction of sp³-hybridized carbons (Fsp3) is 0.158. The molecule has 0 fully saturated rings. The summed E-state index contributed by atoms with van der Waals surface area (Å²) in [6.07, 6.45) is 0.797. The number of rotatable bonds is 8. The molecule has 0 aliphatic carbocycles. The fourth-order valence-electron chi connectivity index (χ4n) is 2.40. The maximum Gasteiger partial charge on any atom is 0.270 e. The zero-order valence-electron chi connectivity index (χ0n) is 14.3. The highest BCUT2D eigenvalue weighted by molar-refractivity contribution is 8.01. The quantitative estimate of drug-likeness (QED) is 0.349. The van der Waals surface area contributed by atoms with E-state index in [1.54, 1.807) is 12.1 Å². The van der Waals surface area contributed by atoms with Gasteiger partial charge in [0.2, 0.25) is 5.91 Å². The van der Waals surface area contributed by atoms with E-state index in [0.29, 0.717) is 17.8 Å². The minimum atomic E-state index is -0.425. The number of nitrogens with one attached hydrogen (secondary N) is 1. The normalized spacial score (nSPS) is 10.5. The number of hydrogen-bond acceptors (Lipinski definition) is 6. The van der Waals surface area contributed by atoms with Gasteiger partial charge in [-0.1, -0.05) is 54.2 Å². The first-order valence-electron chi connectivity index (χ1n) is 8.25. The number of hydrogen-bond donors (Lipinski definition) is 1. The summed E-state index contributed by atoms with van der Waals surface area (Å²) in [6.45, 7) is 0.597. The first-order valence-corrected chi connectivity index (χ1v) is 10.1. The molecule has 0 aliphatic rings. The van der Waals surface area contributed by atoms with Gasteiger partial charge in [-0.15, -0.1) is 11.3 Å². The molecule has 6 nitrogen and oxygen atoms in total. The summed E-state index contributed by atoms with van der Waals surface area (Å²) in [5, 5.41) is 15.6. The molecule has 1 amide bonds. The van der Waals surface area contributed by atoms with Crippen LogP contribution in [-0.2, 0) is 11.2 Å². The zero-order valence-corrected chi connectivity index (χ0v) is 16.0. The summed E-state index contributed by atoms with van der Waals surface area (Å²) < 4.78 is 0.759. The molecule has 8 heteroatoms. The van der Waals surface area contributed by atoms with Gasteiger partial charge >= 0.3 is 0 Å². The van der Waals surface area contributed by atoms with Crippen molar-refractivity contribution in [2.75, 3.05) is 12.3 Å². The predicted molar refractivity (Wildman–Crippen MR) is 108 cm³/mol. The van der Waals surface area contributed by atoms with Gasteiger partial charge < -0.3 is 5.32 Å². The maximum absolute atomic E-state index is 12.0. The Kier molecular flexibility index (Phi) is 6.56. The molecule has 0 saturated heterocycles. The van der Waals surface area contributed by atoms with E-state index >= 15 is 0 Å². The van der Waals surface area contributed by atoms with Crippen LogP contribution in [0.5, 0.6) is 0 Å². The van der Waals surface area contributed by atoms with Gasteiger partial charge in [-0.3, -0.25) is 14.9 Å². The number of benzene rings is 2. The fourth-order valence-corrected chi connectivity index (χ4v) is 4.07. The number of non-ortho nitro benzene ring substituents is 1. The third-order valence-electron chi connectivity index (χ3n) is 3.74. The van der Waals surface area contributed by atoms with Crippen LogP contribution < -0.4 is 5.32 Å². The Bertz CT molecular complexity index is 929. The van der Waals surface area contributed by atoms with E-state index in [2.05, 4.69) is 10.3 Å². The van der Waals surface area contributed by atoms with Crippen molar-refractivity contribution in [1.82, 2.24) is 10.3 Å². The Balaban J connectivity index is 1.48. The number of carbonyl (C=O) groups is 1. The molecule has 0 bridgehead atoms. The Hall–Kier alpha value is -2.71. The maximum atomic E-state index is 12.0. The molecule has 0 radical (unpaired) electrons. The Morgan fingerprint density at radius 2 is 2.00 bits per heavy atom. The highest BCUT2D eigenvalue weighted by atomic mass is 32.2. The van der Waals surface area contributed by atoms with Crippen molar-refractivity contribution in [3.8, 4) is 11.3 Å². The minimum absolute atomic E-state index is 0.0347. The first kappa shape index (κ1) is 19.1. The van der Waals surface area contributed by atoms with Crippen LogP contribution in [0.3, 0.4) is 0 Å². The van der Waals surface area contributed by atoms with Gasteiger partial charge in [-0.2, -0.15) is 0 Å². The van der Waals surface area contributed by atoms with E-state index in [1.165, 1.54) is 40.8 Å². The van der Waals surface area contributed by atoms with Gasteiger partial charge in [0, 0.05) is 29.6 Å². The van der Waals surface area contributed by atoms with Crippen LogP contribution in [0.25, 0.3) is 11.3 Å². The van der Waals surface area contributed by atoms with Gasteiger partial charge in [0.1, 0.15) is 0 Å². The summed E-state index contributed by atoms with van der Waals surface area (Å²) >= 11 is 2.79. The number of nitrogens with zero attached hydrogens (tertiary/aromatic N) is 2. The van der Waals surface area contributed by atoms with Crippen molar-refractivity contribution in [2.24, 2.45) is 0 Å². The summed E-state index contributed by atoms with van der Waals surface area (Å²) in [5.41, 5.74) is 2.59. The molecule has 0 saturated carbocycles. The Morgan fingerprint density at radius 3 is 2.78 bits per heavy atom. The van der Waals surface area contributed by atoms with Crippen LogP contribution in [-0.4, -0.2) is 28.1 Å². The monoisotopic (exact) mass is 399 g/mol. The molecular formula is C19H17N3O3S2. The van der Waals surface area contributed by atoms with Gasteiger partial charge in [-0.05, 0) is 12.0 Å². The SMILES string of the molecule is O=C(CSc1nc(-c2cccc([N+](=O)[O-])c2)cs1)NCCc1ccccc1. The lowest BCUT2D eigenvalue weighted by molar-refractivity contribution is -0.384. The lowest BCUT2D eigenvalue weighted by Crippen LogP contribution is -2.27. The van der Waals surface area contributed by atoms with Gasteiger partial charge in [-0.25, -0.2) is 4.98 Å². The number of carbonyl (C=O) groups excluding carboxylic acids is 1. The highest BCUT2D eigenvalue weighted by Gasteiger charge is 2.11. The Morgan fingerprint density at radius 1 is 1.19 bits per heavy atom. The topological polar surface area (TPSA) is 85.1 Å². The molecule has 27 heavy (non-hydrogen) atoms. The average molecular weight is 399 g/mol. The van der Waals surface area contributed by atoms with Crippen LogP contribution in [0, 0.1) is 10.1 Å². The van der Waals surface area contributed by atoms with E-state index in [-0.39, 0.29) is 17.3 Å². The number of nitro benzene ring substituents is 1. The third kappa shape index (κ3) is 5.63. The minimum Gasteiger partial charge on any atom is -0.355 e. The number of thiazole rings is 1. The van der Waals surface area contributed by atoms with Crippen LogP contribution in [0.2, 0.25) is 0 Å². The van der Waals surface area contributed by atoms with E-state index in [1.807, 2.05) is 35.7 Å². The molecular weight excluding hydrogens is 382 g/mol. The summed E-state index contributed by atoms with van der Waals surface area (Å²) in [6, 6.07) is 16.4. The van der Waals surface area contributed by atoms with Gasteiger partial charge in [0.25, 0.3) is 5.69 Å². The van der Waals surface area contributed by atoms with E-state index < -0.39 is 4.92 Å². The average Bonchev–Trinajstić information content (AvgIpc) is 3.16. The van der Waals surface area contributed by atoms with E-state index in [4.69, 9.17) is 0 Å². The highest BCUT2D eigenvalue weighted by Crippen LogP contribution is 2.29. The molecule has 3 aromatic rings. The van der Waals surface area contributed by atoms with Crippen molar-refractivity contribution in [3.05, 3.63) is 75.7 Å². The number of amides is 1. The first-order chi connectivity index (χ1) is 13.1.